The Morgan fingerprint density at radius 2 is 1.60 bits per heavy atom. The van der Waals surface area contributed by atoms with E-state index in [1.54, 1.807) is 0 Å². The molecule has 0 aromatic carbocycles. The maximum absolute atomic E-state index is 10.5. The van der Waals surface area contributed by atoms with Gasteiger partial charge in [-0.2, -0.15) is 15.8 Å². The van der Waals surface area contributed by atoms with Crippen molar-refractivity contribution in [2.45, 2.75) is 5.66 Å². The van der Waals surface area contributed by atoms with Crippen molar-refractivity contribution in [1.82, 2.24) is 0 Å². The molecule has 0 amide bonds. The van der Waals surface area contributed by atoms with Gasteiger partial charge in [0.15, 0.2) is 11.4 Å². The number of carboxylic acid groups (broad SMARTS) is 1. The number of carboxylic acids is 1. The first-order valence-corrected chi connectivity index (χ1v) is 3.22. The third kappa shape index (κ3) is 2.03. The van der Waals surface area contributed by atoms with Crippen LogP contribution in [0, 0.1) is 34.0 Å². The summed E-state index contributed by atoms with van der Waals surface area (Å²) in [7, 11) is 0. The number of hydrogen-bond acceptors (Lipinski definition) is 7. The normalized spacial score (nSPS) is 15.8. The molecule has 15 heavy (non-hydrogen) atoms. The molecular formula is C7N5NaO2. The van der Waals surface area contributed by atoms with Gasteiger partial charge in [-0.05, 0) is 0 Å². The molecule has 0 aliphatic carbocycles. The van der Waals surface area contributed by atoms with Crippen molar-refractivity contribution < 1.29 is 39.5 Å². The van der Waals surface area contributed by atoms with Gasteiger partial charge in [-0.25, -0.2) is 9.98 Å². The molecule has 1 aliphatic heterocycles. The fourth-order valence-electron chi connectivity index (χ4n) is 0.797. The summed E-state index contributed by atoms with van der Waals surface area (Å²) in [5.41, 5.74) is -3.42. The maximum atomic E-state index is 10.5. The summed E-state index contributed by atoms with van der Waals surface area (Å²) in [6.45, 7) is 0. The molecule has 1 rings (SSSR count). The van der Waals surface area contributed by atoms with Crippen molar-refractivity contribution in [2.75, 3.05) is 0 Å². The molecule has 0 spiro atoms. The van der Waals surface area contributed by atoms with Gasteiger partial charge in [0.05, 0.1) is 0 Å². The molecule has 0 atom stereocenters. The van der Waals surface area contributed by atoms with Crippen LogP contribution in [-0.2, 0) is 4.79 Å². The number of nitrogens with zero attached hydrogens (tertiary/aromatic N) is 5. The second-order valence-corrected chi connectivity index (χ2v) is 2.22. The van der Waals surface area contributed by atoms with E-state index < -0.39 is 23.1 Å². The largest absolute Gasteiger partial charge is 1.00 e. The van der Waals surface area contributed by atoms with Gasteiger partial charge in [-0.1, -0.05) is 0 Å². The minimum atomic E-state index is -2.48. The zero-order valence-corrected chi connectivity index (χ0v) is 9.55. The van der Waals surface area contributed by atoms with Gasteiger partial charge >= 0.3 is 29.6 Å². The van der Waals surface area contributed by atoms with Crippen molar-refractivity contribution in [1.29, 1.82) is 15.8 Å². The molecule has 0 fully saturated rings. The van der Waals surface area contributed by atoms with E-state index in [9.17, 15) is 9.90 Å². The Hall–Kier alpha value is -1.72. The second-order valence-electron chi connectivity index (χ2n) is 2.22. The average Bonchev–Trinajstić information content (AvgIpc) is 2.57. The number of carbonyl (C=O) groups excluding carboxylic acids is 1. The van der Waals surface area contributed by atoms with E-state index in [-0.39, 0.29) is 29.6 Å². The number of hydrogen-bond donors (Lipinski definition) is 0. The van der Waals surface area contributed by atoms with Gasteiger partial charge in [0.1, 0.15) is 24.2 Å². The average molecular weight is 209 g/mol. The minimum absolute atomic E-state index is 0. The summed E-state index contributed by atoms with van der Waals surface area (Å²) in [4.78, 5) is 16.9. The summed E-state index contributed by atoms with van der Waals surface area (Å²) >= 11 is 0. The van der Waals surface area contributed by atoms with Crippen LogP contribution < -0.4 is 34.7 Å². The summed E-state index contributed by atoms with van der Waals surface area (Å²) < 4.78 is 0. The van der Waals surface area contributed by atoms with Crippen LogP contribution in [0.15, 0.2) is 9.98 Å². The SMILES string of the molecule is N#CC1=NC(C#N)(C(=O)[O-])N=C1C#N.[Na+]. The maximum Gasteiger partial charge on any atom is 1.00 e. The zero-order valence-electron chi connectivity index (χ0n) is 7.55. The summed E-state index contributed by atoms with van der Waals surface area (Å²) in [5.74, 6) is -1.86. The van der Waals surface area contributed by atoms with Crippen molar-refractivity contribution in [2.24, 2.45) is 9.98 Å². The molecule has 0 saturated carbocycles. The van der Waals surface area contributed by atoms with E-state index in [2.05, 4.69) is 9.98 Å². The first-order valence-electron chi connectivity index (χ1n) is 3.22. The van der Waals surface area contributed by atoms with Crippen molar-refractivity contribution in [3.8, 4) is 18.2 Å². The Labute approximate surface area is 106 Å². The first kappa shape index (κ1) is 13.3. The van der Waals surface area contributed by atoms with Crippen LogP contribution in [0.5, 0.6) is 0 Å². The standard InChI is InChI=1S/C7HN5O2.Na/c8-1-4-5(2-9)12-7(3-10,11-4)6(13)14;/h(H,13,14);/q;+1/p-1. The van der Waals surface area contributed by atoms with Gasteiger partial charge in [0, 0.05) is 0 Å². The number of carbonyl (C=O) groups is 1. The third-order valence-electron chi connectivity index (χ3n) is 1.42. The van der Waals surface area contributed by atoms with Crippen molar-refractivity contribution in [3.63, 3.8) is 0 Å². The number of aliphatic imine (C=N–C) groups is 2. The van der Waals surface area contributed by atoms with Gasteiger partial charge in [0.2, 0.25) is 0 Å². The minimum Gasteiger partial charge on any atom is -0.544 e. The Bertz CT molecular complexity index is 457. The van der Waals surface area contributed by atoms with Crippen LogP contribution in [0.4, 0.5) is 0 Å². The number of nitriles is 3. The Balaban J connectivity index is 0.00000196. The van der Waals surface area contributed by atoms with Gasteiger partial charge in [-0.15, -0.1) is 0 Å². The second kappa shape index (κ2) is 4.68. The van der Waals surface area contributed by atoms with Crippen LogP contribution >= 0.6 is 0 Å². The summed E-state index contributed by atoms with van der Waals surface area (Å²) in [5, 5.41) is 35.9. The number of aliphatic carboxylic acids is 1. The summed E-state index contributed by atoms with van der Waals surface area (Å²) in [6.07, 6.45) is 0. The molecule has 0 saturated heterocycles. The van der Waals surface area contributed by atoms with Gasteiger partial charge in [-0.3, -0.25) is 0 Å². The van der Waals surface area contributed by atoms with Crippen LogP contribution in [0.1, 0.15) is 0 Å². The molecule has 0 radical (unpaired) electrons. The van der Waals surface area contributed by atoms with E-state index >= 15 is 0 Å². The monoisotopic (exact) mass is 209 g/mol. The van der Waals surface area contributed by atoms with Crippen LogP contribution in [0.25, 0.3) is 0 Å². The molecule has 0 bridgehead atoms. The van der Waals surface area contributed by atoms with E-state index in [1.807, 2.05) is 0 Å². The first-order chi connectivity index (χ1) is 6.59. The van der Waals surface area contributed by atoms with E-state index in [0.717, 1.165) is 0 Å². The van der Waals surface area contributed by atoms with E-state index in [0.29, 0.717) is 0 Å². The molecule has 1 aliphatic rings. The fourth-order valence-corrected chi connectivity index (χ4v) is 0.797. The quantitative estimate of drug-likeness (QED) is 0.398. The Morgan fingerprint density at radius 3 is 1.80 bits per heavy atom. The number of rotatable bonds is 1. The van der Waals surface area contributed by atoms with Gasteiger partial charge < -0.3 is 9.90 Å². The summed E-state index contributed by atoms with van der Waals surface area (Å²) in [6, 6.07) is 4.19. The van der Waals surface area contributed by atoms with Crippen LogP contribution in [0.3, 0.4) is 0 Å². The predicted molar refractivity (Wildman–Crippen MR) is 39.4 cm³/mol. The van der Waals surface area contributed by atoms with Crippen molar-refractivity contribution >= 4 is 17.4 Å². The van der Waals surface area contributed by atoms with Crippen LogP contribution in [-0.4, -0.2) is 23.1 Å². The molecule has 0 unspecified atom stereocenters. The predicted octanol–water partition coefficient (Wildman–Crippen LogP) is -5.10. The van der Waals surface area contributed by atoms with Gasteiger partial charge in [0.25, 0.3) is 5.66 Å². The van der Waals surface area contributed by atoms with E-state index in [1.165, 1.54) is 18.2 Å². The molecular weight excluding hydrogens is 209 g/mol. The molecule has 7 nitrogen and oxygen atoms in total. The third-order valence-corrected chi connectivity index (χ3v) is 1.42. The molecule has 66 valence electrons. The molecule has 0 aromatic heterocycles. The molecule has 0 N–H and O–H groups in total. The smallest absolute Gasteiger partial charge is 0.544 e. The Kier molecular flexibility index (Phi) is 4.14. The fraction of sp³-hybridized carbons (Fsp3) is 0.143. The Morgan fingerprint density at radius 1 is 1.20 bits per heavy atom. The van der Waals surface area contributed by atoms with E-state index in [4.69, 9.17) is 15.8 Å². The topological polar surface area (TPSA) is 136 Å². The molecule has 0 aromatic rings. The zero-order chi connectivity index (χ0) is 10.8. The van der Waals surface area contributed by atoms with Crippen molar-refractivity contribution in [3.05, 3.63) is 0 Å². The molecule has 8 heteroatoms. The van der Waals surface area contributed by atoms with Crippen LogP contribution in [0.2, 0.25) is 0 Å². The molecule has 1 heterocycles.